The highest BCUT2D eigenvalue weighted by Gasteiger charge is 2.34. The summed E-state index contributed by atoms with van der Waals surface area (Å²) in [6.45, 7) is 2.40. The zero-order chi connectivity index (χ0) is 12.4. The first kappa shape index (κ1) is 12.0. The van der Waals surface area contributed by atoms with E-state index in [0.717, 1.165) is 25.0 Å². The van der Waals surface area contributed by atoms with Gasteiger partial charge < -0.3 is 4.74 Å². The Kier molecular flexibility index (Phi) is 3.41. The van der Waals surface area contributed by atoms with Gasteiger partial charge >= 0.3 is 5.97 Å². The largest absolute Gasteiger partial charge is 0.465 e. The molecule has 92 valence electrons. The molecule has 0 N–H and O–H groups in total. The predicted molar refractivity (Wildman–Crippen MR) is 58.5 cm³/mol. The minimum atomic E-state index is -0.921. The Hall–Kier alpha value is -1.45. The van der Waals surface area contributed by atoms with Crippen molar-refractivity contribution in [3.05, 3.63) is 35.4 Å². The highest BCUT2D eigenvalue weighted by atomic mass is 19.2. The molecule has 1 fully saturated rings. The minimum Gasteiger partial charge on any atom is -0.465 e. The number of benzene rings is 1. The van der Waals surface area contributed by atoms with Crippen molar-refractivity contribution in [3.8, 4) is 0 Å². The fraction of sp³-hybridized carbons (Fsp3) is 0.462. The third-order valence-electron chi connectivity index (χ3n) is 3.29. The summed E-state index contributed by atoms with van der Waals surface area (Å²) in [7, 11) is 0. The van der Waals surface area contributed by atoms with Gasteiger partial charge in [-0.25, -0.2) is 8.78 Å². The molecule has 4 heteroatoms. The molecule has 17 heavy (non-hydrogen) atoms. The molecule has 0 bridgehead atoms. The summed E-state index contributed by atoms with van der Waals surface area (Å²) in [4.78, 5) is 11.7. The van der Waals surface area contributed by atoms with E-state index in [2.05, 4.69) is 0 Å². The van der Waals surface area contributed by atoms with Crippen LogP contribution in [0.2, 0.25) is 0 Å². The van der Waals surface area contributed by atoms with Gasteiger partial charge in [-0.15, -0.1) is 0 Å². The van der Waals surface area contributed by atoms with Gasteiger partial charge in [-0.3, -0.25) is 4.79 Å². The fourth-order valence-electron chi connectivity index (χ4n) is 2.31. The molecular formula is C13H14F2O2. The van der Waals surface area contributed by atoms with Crippen LogP contribution in [0.5, 0.6) is 0 Å². The molecule has 1 saturated heterocycles. The smallest absolute Gasteiger partial charge is 0.313 e. The van der Waals surface area contributed by atoms with Crippen molar-refractivity contribution in [3.63, 3.8) is 0 Å². The van der Waals surface area contributed by atoms with Crippen LogP contribution in [0, 0.1) is 17.6 Å². The molecule has 0 aliphatic carbocycles. The molecule has 2 rings (SSSR count). The second-order valence-corrected chi connectivity index (χ2v) is 4.28. The zero-order valence-corrected chi connectivity index (χ0v) is 9.58. The highest BCUT2D eigenvalue weighted by molar-refractivity contribution is 5.79. The molecule has 1 aromatic carbocycles. The van der Waals surface area contributed by atoms with Crippen LogP contribution in [0.1, 0.15) is 31.2 Å². The molecule has 0 saturated carbocycles. The Balaban J connectivity index is 2.34. The molecule has 2 unspecified atom stereocenters. The van der Waals surface area contributed by atoms with E-state index in [4.69, 9.17) is 4.74 Å². The summed E-state index contributed by atoms with van der Waals surface area (Å²) in [6, 6.07) is 3.60. The van der Waals surface area contributed by atoms with E-state index < -0.39 is 17.6 Å². The normalized spacial score (nSPS) is 24.5. The summed E-state index contributed by atoms with van der Waals surface area (Å²) in [5.41, 5.74) is 0.500. The average Bonchev–Trinajstić information content (AvgIpc) is 2.32. The lowest BCUT2D eigenvalue weighted by Gasteiger charge is -2.29. The van der Waals surface area contributed by atoms with Gasteiger partial charge in [-0.05, 0) is 30.0 Å². The quantitative estimate of drug-likeness (QED) is 0.743. The molecule has 2 nitrogen and oxygen atoms in total. The summed E-state index contributed by atoms with van der Waals surface area (Å²) in [5.74, 6) is -2.49. The van der Waals surface area contributed by atoms with Gasteiger partial charge in [0.15, 0.2) is 11.6 Å². The number of esters is 1. The Morgan fingerprint density at radius 2 is 2.12 bits per heavy atom. The summed E-state index contributed by atoms with van der Waals surface area (Å²) in [5, 5.41) is 0. The van der Waals surface area contributed by atoms with E-state index in [1.54, 1.807) is 0 Å². The topological polar surface area (TPSA) is 26.3 Å². The van der Waals surface area contributed by atoms with Crippen molar-refractivity contribution in [2.75, 3.05) is 6.61 Å². The Labute approximate surface area is 98.6 Å². The SMILES string of the molecule is CCC1CCOC(=O)C1c1ccc(F)c(F)c1. The van der Waals surface area contributed by atoms with Crippen LogP contribution in [0.4, 0.5) is 8.78 Å². The standard InChI is InChI=1S/C13H14F2O2/c1-2-8-5-6-17-13(16)12(8)9-3-4-10(14)11(15)7-9/h3-4,7-8,12H,2,5-6H2,1H3. The molecule has 1 aliphatic heterocycles. The molecular weight excluding hydrogens is 226 g/mol. The van der Waals surface area contributed by atoms with Gasteiger partial charge in [0.1, 0.15) is 0 Å². The molecule has 2 atom stereocenters. The molecule has 0 amide bonds. The van der Waals surface area contributed by atoms with Crippen LogP contribution >= 0.6 is 0 Å². The lowest BCUT2D eigenvalue weighted by molar-refractivity contribution is -0.152. The first-order chi connectivity index (χ1) is 8.13. The van der Waals surface area contributed by atoms with Crippen LogP contribution in [-0.4, -0.2) is 12.6 Å². The van der Waals surface area contributed by atoms with E-state index >= 15 is 0 Å². The third-order valence-corrected chi connectivity index (χ3v) is 3.29. The third kappa shape index (κ3) is 2.30. The van der Waals surface area contributed by atoms with Crippen LogP contribution in [0.25, 0.3) is 0 Å². The van der Waals surface area contributed by atoms with E-state index in [-0.39, 0.29) is 11.9 Å². The van der Waals surface area contributed by atoms with Crippen molar-refractivity contribution >= 4 is 5.97 Å². The molecule has 1 heterocycles. The molecule has 0 radical (unpaired) electrons. The van der Waals surface area contributed by atoms with Gasteiger partial charge in [0.05, 0.1) is 12.5 Å². The Bertz CT molecular complexity index is 431. The summed E-state index contributed by atoms with van der Waals surface area (Å²) >= 11 is 0. The van der Waals surface area contributed by atoms with E-state index in [0.29, 0.717) is 12.2 Å². The number of hydrogen-bond acceptors (Lipinski definition) is 2. The van der Waals surface area contributed by atoms with E-state index in [1.807, 2.05) is 6.92 Å². The second kappa shape index (κ2) is 4.82. The molecule has 0 aromatic heterocycles. The maximum atomic E-state index is 13.2. The summed E-state index contributed by atoms with van der Waals surface area (Å²) < 4.78 is 31.0. The number of cyclic esters (lactones) is 1. The fourth-order valence-corrected chi connectivity index (χ4v) is 2.31. The van der Waals surface area contributed by atoms with E-state index in [9.17, 15) is 13.6 Å². The monoisotopic (exact) mass is 240 g/mol. The van der Waals surface area contributed by atoms with Crippen molar-refractivity contribution in [2.45, 2.75) is 25.7 Å². The Morgan fingerprint density at radius 3 is 2.76 bits per heavy atom. The number of rotatable bonds is 2. The number of carbonyl (C=O) groups excluding carboxylic acids is 1. The van der Waals surface area contributed by atoms with Gasteiger partial charge in [0, 0.05) is 0 Å². The van der Waals surface area contributed by atoms with Crippen LogP contribution < -0.4 is 0 Å². The van der Waals surface area contributed by atoms with Gasteiger partial charge in [0.2, 0.25) is 0 Å². The number of halogens is 2. The minimum absolute atomic E-state index is 0.140. The Morgan fingerprint density at radius 1 is 1.35 bits per heavy atom. The second-order valence-electron chi connectivity index (χ2n) is 4.28. The lowest BCUT2D eigenvalue weighted by atomic mass is 9.81. The number of ether oxygens (including phenoxy) is 1. The lowest BCUT2D eigenvalue weighted by Crippen LogP contribution is -2.30. The summed E-state index contributed by atoms with van der Waals surface area (Å²) in [6.07, 6.45) is 1.59. The number of carbonyl (C=O) groups is 1. The van der Waals surface area contributed by atoms with E-state index in [1.165, 1.54) is 6.07 Å². The maximum Gasteiger partial charge on any atom is 0.313 e. The molecule has 0 spiro atoms. The van der Waals surface area contributed by atoms with Crippen molar-refractivity contribution in [1.29, 1.82) is 0 Å². The van der Waals surface area contributed by atoms with Gasteiger partial charge in [-0.2, -0.15) is 0 Å². The predicted octanol–water partition coefficient (Wildman–Crippen LogP) is 3.02. The average molecular weight is 240 g/mol. The highest BCUT2D eigenvalue weighted by Crippen LogP contribution is 2.34. The molecule has 1 aromatic rings. The maximum absolute atomic E-state index is 13.2. The van der Waals surface area contributed by atoms with Crippen LogP contribution in [0.3, 0.4) is 0 Å². The van der Waals surface area contributed by atoms with Crippen molar-refractivity contribution < 1.29 is 18.3 Å². The zero-order valence-electron chi connectivity index (χ0n) is 9.58. The van der Waals surface area contributed by atoms with Crippen molar-refractivity contribution in [1.82, 2.24) is 0 Å². The first-order valence-electron chi connectivity index (χ1n) is 5.75. The van der Waals surface area contributed by atoms with Crippen LogP contribution in [-0.2, 0) is 9.53 Å². The molecule has 1 aliphatic rings. The van der Waals surface area contributed by atoms with Crippen LogP contribution in [0.15, 0.2) is 18.2 Å². The number of hydrogen-bond donors (Lipinski definition) is 0. The first-order valence-corrected chi connectivity index (χ1v) is 5.75. The van der Waals surface area contributed by atoms with Gasteiger partial charge in [0.25, 0.3) is 0 Å². The van der Waals surface area contributed by atoms with Gasteiger partial charge in [-0.1, -0.05) is 19.4 Å². The van der Waals surface area contributed by atoms with Crippen molar-refractivity contribution in [2.24, 2.45) is 5.92 Å².